The maximum atomic E-state index is 11.5. The Kier molecular flexibility index (Phi) is 4.23. The van der Waals surface area contributed by atoms with Gasteiger partial charge in [0.2, 0.25) is 0 Å². The summed E-state index contributed by atoms with van der Waals surface area (Å²) < 4.78 is 4.88. The van der Waals surface area contributed by atoms with Crippen molar-refractivity contribution in [1.29, 1.82) is 0 Å². The first-order chi connectivity index (χ1) is 8.24. The van der Waals surface area contributed by atoms with E-state index in [4.69, 9.17) is 4.74 Å². The molecule has 1 aliphatic heterocycles. The predicted octanol–water partition coefficient (Wildman–Crippen LogP) is 0.464. The van der Waals surface area contributed by atoms with Gasteiger partial charge in [-0.25, -0.2) is 4.79 Å². The molecule has 2 atom stereocenters. The molecule has 1 saturated heterocycles. The van der Waals surface area contributed by atoms with Crippen LogP contribution in [0.2, 0.25) is 0 Å². The van der Waals surface area contributed by atoms with Gasteiger partial charge in [0.25, 0.3) is 0 Å². The molecule has 2 bridgehead atoms. The van der Waals surface area contributed by atoms with Gasteiger partial charge in [0.15, 0.2) is 0 Å². The number of rotatable bonds is 5. The van der Waals surface area contributed by atoms with E-state index in [0.717, 1.165) is 19.0 Å². The Balaban J connectivity index is 1.69. The van der Waals surface area contributed by atoms with E-state index in [0.29, 0.717) is 13.2 Å². The van der Waals surface area contributed by atoms with Crippen LogP contribution in [0.15, 0.2) is 0 Å². The predicted molar refractivity (Wildman–Crippen MR) is 66.0 cm³/mol. The van der Waals surface area contributed by atoms with Crippen molar-refractivity contribution in [3.05, 3.63) is 0 Å². The SMILES string of the molecule is COCCNC(=O)NCC12CCCC(CN1)C2. The van der Waals surface area contributed by atoms with E-state index < -0.39 is 0 Å². The summed E-state index contributed by atoms with van der Waals surface area (Å²) in [6, 6.07) is -0.0905. The number of carbonyl (C=O) groups excluding carboxylic acids is 1. The van der Waals surface area contributed by atoms with Crippen LogP contribution < -0.4 is 16.0 Å². The molecule has 2 fully saturated rings. The van der Waals surface area contributed by atoms with E-state index in [1.54, 1.807) is 7.11 Å². The van der Waals surface area contributed by atoms with Gasteiger partial charge in [-0.15, -0.1) is 0 Å². The highest BCUT2D eigenvalue weighted by Gasteiger charge is 2.41. The van der Waals surface area contributed by atoms with Crippen LogP contribution in [-0.4, -0.2) is 44.9 Å². The third-order valence-corrected chi connectivity index (χ3v) is 3.89. The Morgan fingerprint density at radius 3 is 3.24 bits per heavy atom. The molecule has 1 aliphatic carbocycles. The van der Waals surface area contributed by atoms with E-state index in [9.17, 15) is 4.79 Å². The van der Waals surface area contributed by atoms with Crippen molar-refractivity contribution in [3.63, 3.8) is 0 Å². The molecule has 0 radical (unpaired) electrons. The first-order valence-electron chi connectivity index (χ1n) is 6.50. The first kappa shape index (κ1) is 12.6. The molecule has 5 nitrogen and oxygen atoms in total. The molecule has 2 amide bonds. The number of fused-ring (bicyclic) bond motifs is 2. The van der Waals surface area contributed by atoms with Crippen molar-refractivity contribution >= 4 is 6.03 Å². The molecule has 17 heavy (non-hydrogen) atoms. The van der Waals surface area contributed by atoms with Crippen LogP contribution in [0.4, 0.5) is 4.79 Å². The lowest BCUT2D eigenvalue weighted by atomic mass is 9.80. The van der Waals surface area contributed by atoms with Gasteiger partial charge in [-0.05, 0) is 31.7 Å². The molecule has 98 valence electrons. The average molecular weight is 241 g/mol. The molecular weight excluding hydrogens is 218 g/mol. The number of ether oxygens (including phenoxy) is 1. The lowest BCUT2D eigenvalue weighted by molar-refractivity contribution is 0.194. The van der Waals surface area contributed by atoms with Gasteiger partial charge >= 0.3 is 6.03 Å². The Hall–Kier alpha value is -0.810. The molecule has 3 N–H and O–H groups in total. The molecule has 5 heteroatoms. The summed E-state index contributed by atoms with van der Waals surface area (Å²) >= 11 is 0. The standard InChI is InChI=1S/C12H23N3O2/c1-17-6-5-13-11(16)14-9-12-4-2-3-10(7-12)8-15-12/h10,15H,2-9H2,1H3,(H2,13,14,16). The fourth-order valence-corrected chi connectivity index (χ4v) is 2.98. The van der Waals surface area contributed by atoms with Gasteiger partial charge in [-0.1, -0.05) is 6.42 Å². The zero-order valence-corrected chi connectivity index (χ0v) is 10.6. The third-order valence-electron chi connectivity index (χ3n) is 3.89. The number of hydrogen-bond donors (Lipinski definition) is 3. The Morgan fingerprint density at radius 1 is 1.53 bits per heavy atom. The fourth-order valence-electron chi connectivity index (χ4n) is 2.98. The Morgan fingerprint density at radius 2 is 2.41 bits per heavy atom. The van der Waals surface area contributed by atoms with E-state index in [-0.39, 0.29) is 11.6 Å². The molecule has 2 rings (SSSR count). The maximum absolute atomic E-state index is 11.5. The second-order valence-electron chi connectivity index (χ2n) is 5.23. The van der Waals surface area contributed by atoms with Crippen molar-refractivity contribution in [1.82, 2.24) is 16.0 Å². The van der Waals surface area contributed by atoms with E-state index in [1.807, 2.05) is 0 Å². The van der Waals surface area contributed by atoms with Gasteiger partial charge in [-0.3, -0.25) is 0 Å². The molecule has 0 spiro atoms. The number of hydrogen-bond acceptors (Lipinski definition) is 3. The lowest BCUT2D eigenvalue weighted by Gasteiger charge is -2.33. The van der Waals surface area contributed by atoms with Crippen LogP contribution in [0, 0.1) is 5.92 Å². The smallest absolute Gasteiger partial charge is 0.314 e. The minimum atomic E-state index is -0.0905. The van der Waals surface area contributed by atoms with Gasteiger partial charge in [0, 0.05) is 25.7 Å². The monoisotopic (exact) mass is 241 g/mol. The summed E-state index contributed by atoms with van der Waals surface area (Å²) in [5.41, 5.74) is 0.168. The fraction of sp³-hybridized carbons (Fsp3) is 0.917. The summed E-state index contributed by atoms with van der Waals surface area (Å²) in [6.07, 6.45) is 5.02. The average Bonchev–Trinajstić information content (AvgIpc) is 2.63. The zero-order chi connectivity index (χ0) is 12.1. The molecule has 2 unspecified atom stereocenters. The van der Waals surface area contributed by atoms with E-state index >= 15 is 0 Å². The Labute approximate surface area is 103 Å². The van der Waals surface area contributed by atoms with Crippen molar-refractivity contribution in [2.75, 3.05) is 33.4 Å². The molecule has 1 heterocycles. The molecule has 2 aliphatic rings. The lowest BCUT2D eigenvalue weighted by Crippen LogP contribution is -2.52. The van der Waals surface area contributed by atoms with Crippen LogP contribution in [0.3, 0.4) is 0 Å². The summed E-state index contributed by atoms with van der Waals surface area (Å²) in [6.45, 7) is 2.97. The van der Waals surface area contributed by atoms with Crippen molar-refractivity contribution in [2.45, 2.75) is 31.2 Å². The van der Waals surface area contributed by atoms with Crippen molar-refractivity contribution in [2.24, 2.45) is 5.92 Å². The molecule has 0 aromatic rings. The minimum absolute atomic E-state index is 0.0905. The van der Waals surface area contributed by atoms with E-state index in [1.165, 1.54) is 25.7 Å². The molecule has 1 saturated carbocycles. The number of nitrogens with one attached hydrogen (secondary N) is 3. The van der Waals surface area contributed by atoms with Gasteiger partial charge < -0.3 is 20.7 Å². The normalized spacial score (nSPS) is 31.2. The Bertz CT molecular complexity index is 268. The summed E-state index contributed by atoms with van der Waals surface area (Å²) in [5.74, 6) is 0.821. The molecule has 0 aromatic carbocycles. The topological polar surface area (TPSA) is 62.4 Å². The van der Waals surface area contributed by atoms with Crippen molar-refractivity contribution < 1.29 is 9.53 Å². The number of methoxy groups -OCH3 is 1. The molecular formula is C12H23N3O2. The second kappa shape index (κ2) is 5.69. The largest absolute Gasteiger partial charge is 0.383 e. The summed E-state index contributed by atoms with van der Waals surface area (Å²) in [5, 5.41) is 9.32. The van der Waals surface area contributed by atoms with Crippen LogP contribution >= 0.6 is 0 Å². The number of urea groups is 1. The van der Waals surface area contributed by atoms with Gasteiger partial charge in [0.05, 0.1) is 6.61 Å². The van der Waals surface area contributed by atoms with Crippen LogP contribution in [0.1, 0.15) is 25.7 Å². The second-order valence-corrected chi connectivity index (χ2v) is 5.23. The van der Waals surface area contributed by atoms with Crippen LogP contribution in [0.25, 0.3) is 0 Å². The summed E-state index contributed by atoms with van der Waals surface area (Å²) in [7, 11) is 1.63. The van der Waals surface area contributed by atoms with Crippen LogP contribution in [-0.2, 0) is 4.74 Å². The highest BCUT2D eigenvalue weighted by Crippen LogP contribution is 2.36. The molecule has 0 aromatic heterocycles. The number of amides is 2. The van der Waals surface area contributed by atoms with Gasteiger partial charge in [-0.2, -0.15) is 0 Å². The quantitative estimate of drug-likeness (QED) is 0.613. The highest BCUT2D eigenvalue weighted by atomic mass is 16.5. The van der Waals surface area contributed by atoms with E-state index in [2.05, 4.69) is 16.0 Å². The first-order valence-corrected chi connectivity index (χ1v) is 6.50. The minimum Gasteiger partial charge on any atom is -0.383 e. The maximum Gasteiger partial charge on any atom is 0.314 e. The van der Waals surface area contributed by atoms with Crippen LogP contribution in [0.5, 0.6) is 0 Å². The number of carbonyl (C=O) groups is 1. The zero-order valence-electron chi connectivity index (χ0n) is 10.6. The van der Waals surface area contributed by atoms with Gasteiger partial charge in [0.1, 0.15) is 0 Å². The van der Waals surface area contributed by atoms with Crippen molar-refractivity contribution in [3.8, 4) is 0 Å². The highest BCUT2D eigenvalue weighted by molar-refractivity contribution is 5.73. The summed E-state index contributed by atoms with van der Waals surface area (Å²) in [4.78, 5) is 11.5. The third kappa shape index (κ3) is 3.33.